The van der Waals surface area contributed by atoms with Gasteiger partial charge in [0.1, 0.15) is 0 Å². The highest BCUT2D eigenvalue weighted by molar-refractivity contribution is 9.10. The van der Waals surface area contributed by atoms with E-state index in [9.17, 15) is 0 Å². The number of hydrogen-bond donors (Lipinski definition) is 1. The Morgan fingerprint density at radius 3 is 2.25 bits per heavy atom. The average Bonchev–Trinajstić information content (AvgIpc) is 2.05. The molecule has 0 aliphatic rings. The van der Waals surface area contributed by atoms with Crippen LogP contribution in [0.15, 0.2) is 41.4 Å². The lowest BCUT2D eigenvalue weighted by Crippen LogP contribution is -2.05. The molecule has 0 saturated carbocycles. The first-order valence-corrected chi connectivity index (χ1v) is 4.17. The van der Waals surface area contributed by atoms with Gasteiger partial charge in [-0.1, -0.05) is 34.1 Å². The number of halogens is 2. The van der Waals surface area contributed by atoms with Crippen LogP contribution in [0.1, 0.15) is 11.6 Å². The number of rotatable bonds is 2. The maximum Gasteiger partial charge on any atom is 0.0478 e. The fourth-order valence-electron chi connectivity index (χ4n) is 0.821. The van der Waals surface area contributed by atoms with Crippen molar-refractivity contribution < 1.29 is 0 Å². The molecule has 0 saturated heterocycles. The maximum absolute atomic E-state index is 5.71. The lowest BCUT2D eigenvalue weighted by Gasteiger charge is -2.05. The van der Waals surface area contributed by atoms with Crippen molar-refractivity contribution in [3.05, 3.63) is 47.0 Å². The summed E-state index contributed by atoms with van der Waals surface area (Å²) < 4.78 is 1.07. The van der Waals surface area contributed by atoms with Crippen LogP contribution in [0, 0.1) is 0 Å². The van der Waals surface area contributed by atoms with Crippen LogP contribution < -0.4 is 5.73 Å². The van der Waals surface area contributed by atoms with Crippen molar-refractivity contribution in [3.63, 3.8) is 0 Å². The SMILES string of the molecule is C=CC(N)c1ccc(Br)cc1.Cl. The van der Waals surface area contributed by atoms with Crippen LogP contribution in [-0.2, 0) is 0 Å². The molecular formula is C9H11BrClN. The Kier molecular flexibility index (Phi) is 5.22. The van der Waals surface area contributed by atoms with Gasteiger partial charge in [0, 0.05) is 10.5 Å². The van der Waals surface area contributed by atoms with Crippen LogP contribution in [0.3, 0.4) is 0 Å². The van der Waals surface area contributed by atoms with Gasteiger partial charge < -0.3 is 5.73 Å². The van der Waals surface area contributed by atoms with Crippen LogP contribution in [0.25, 0.3) is 0 Å². The molecule has 1 rings (SSSR count). The molecule has 3 heteroatoms. The van der Waals surface area contributed by atoms with Gasteiger partial charge in [0.25, 0.3) is 0 Å². The second kappa shape index (κ2) is 5.36. The maximum atomic E-state index is 5.71. The predicted octanol–water partition coefficient (Wildman–Crippen LogP) is 3.06. The standard InChI is InChI=1S/C9H10BrN.ClH/c1-2-9(11)7-3-5-8(10)6-4-7;/h2-6,9H,1,11H2;1H. The van der Waals surface area contributed by atoms with Gasteiger partial charge in [0.2, 0.25) is 0 Å². The molecule has 0 bridgehead atoms. The van der Waals surface area contributed by atoms with E-state index in [0.717, 1.165) is 10.0 Å². The molecule has 1 unspecified atom stereocenters. The van der Waals surface area contributed by atoms with Crippen LogP contribution in [0.5, 0.6) is 0 Å². The Balaban J connectivity index is 0.00000121. The predicted molar refractivity (Wildman–Crippen MR) is 58.5 cm³/mol. The van der Waals surface area contributed by atoms with Crippen molar-refractivity contribution in [1.29, 1.82) is 0 Å². The Labute approximate surface area is 87.2 Å². The molecule has 0 spiro atoms. The van der Waals surface area contributed by atoms with Gasteiger partial charge in [0.15, 0.2) is 0 Å². The molecular weight excluding hydrogens is 237 g/mol. The van der Waals surface area contributed by atoms with E-state index < -0.39 is 0 Å². The van der Waals surface area contributed by atoms with Crippen molar-refractivity contribution in [2.45, 2.75) is 6.04 Å². The molecule has 0 heterocycles. The van der Waals surface area contributed by atoms with Crippen molar-refractivity contribution in [2.24, 2.45) is 5.73 Å². The van der Waals surface area contributed by atoms with Crippen LogP contribution >= 0.6 is 28.3 Å². The van der Waals surface area contributed by atoms with E-state index in [1.54, 1.807) is 6.08 Å². The van der Waals surface area contributed by atoms with Crippen LogP contribution in [0.2, 0.25) is 0 Å². The second-order valence-corrected chi connectivity index (χ2v) is 3.23. The highest BCUT2D eigenvalue weighted by Crippen LogP contribution is 2.15. The van der Waals surface area contributed by atoms with Crippen molar-refractivity contribution in [2.75, 3.05) is 0 Å². The Hall–Kier alpha value is -0.310. The van der Waals surface area contributed by atoms with E-state index in [1.165, 1.54) is 0 Å². The van der Waals surface area contributed by atoms with Crippen molar-refractivity contribution >= 4 is 28.3 Å². The van der Waals surface area contributed by atoms with Gasteiger partial charge in [-0.25, -0.2) is 0 Å². The summed E-state index contributed by atoms with van der Waals surface area (Å²) in [5, 5.41) is 0. The molecule has 66 valence electrons. The Morgan fingerprint density at radius 1 is 1.33 bits per heavy atom. The molecule has 1 aromatic rings. The number of hydrogen-bond acceptors (Lipinski definition) is 1. The summed E-state index contributed by atoms with van der Waals surface area (Å²) in [4.78, 5) is 0. The van der Waals surface area contributed by atoms with E-state index in [-0.39, 0.29) is 18.4 Å². The molecule has 0 aliphatic heterocycles. The number of benzene rings is 1. The third kappa shape index (κ3) is 2.97. The van der Waals surface area contributed by atoms with Gasteiger partial charge in [-0.3, -0.25) is 0 Å². The molecule has 1 nitrogen and oxygen atoms in total. The first-order valence-electron chi connectivity index (χ1n) is 3.37. The van der Waals surface area contributed by atoms with Gasteiger partial charge in [-0.05, 0) is 17.7 Å². The molecule has 0 aliphatic carbocycles. The topological polar surface area (TPSA) is 26.0 Å². The monoisotopic (exact) mass is 247 g/mol. The van der Waals surface area contributed by atoms with Gasteiger partial charge >= 0.3 is 0 Å². The molecule has 0 aromatic heterocycles. The number of nitrogens with two attached hydrogens (primary N) is 1. The highest BCUT2D eigenvalue weighted by Gasteiger charge is 1.98. The van der Waals surface area contributed by atoms with Crippen LogP contribution in [0.4, 0.5) is 0 Å². The summed E-state index contributed by atoms with van der Waals surface area (Å²) in [6.07, 6.45) is 1.73. The highest BCUT2D eigenvalue weighted by atomic mass is 79.9. The summed E-state index contributed by atoms with van der Waals surface area (Å²) in [5.74, 6) is 0. The van der Waals surface area contributed by atoms with E-state index >= 15 is 0 Å². The third-order valence-corrected chi connectivity index (χ3v) is 2.04. The van der Waals surface area contributed by atoms with E-state index in [4.69, 9.17) is 5.73 Å². The third-order valence-electron chi connectivity index (χ3n) is 1.51. The normalized spacial score (nSPS) is 11.5. The quantitative estimate of drug-likeness (QED) is 0.800. The summed E-state index contributed by atoms with van der Waals surface area (Å²) in [6, 6.07) is 7.85. The summed E-state index contributed by atoms with van der Waals surface area (Å²) in [6.45, 7) is 3.62. The zero-order chi connectivity index (χ0) is 8.27. The fourth-order valence-corrected chi connectivity index (χ4v) is 1.09. The molecule has 12 heavy (non-hydrogen) atoms. The van der Waals surface area contributed by atoms with Gasteiger partial charge in [-0.15, -0.1) is 19.0 Å². The molecule has 1 atom stereocenters. The van der Waals surface area contributed by atoms with Gasteiger partial charge in [0.05, 0.1) is 0 Å². The zero-order valence-corrected chi connectivity index (χ0v) is 8.94. The van der Waals surface area contributed by atoms with Crippen LogP contribution in [-0.4, -0.2) is 0 Å². The summed E-state index contributed by atoms with van der Waals surface area (Å²) >= 11 is 3.35. The molecule has 2 N–H and O–H groups in total. The van der Waals surface area contributed by atoms with E-state index in [2.05, 4.69) is 22.5 Å². The van der Waals surface area contributed by atoms with Crippen molar-refractivity contribution in [3.8, 4) is 0 Å². The molecule has 0 radical (unpaired) electrons. The smallest absolute Gasteiger partial charge is 0.0478 e. The lowest BCUT2D eigenvalue weighted by molar-refractivity contribution is 0.914. The fraction of sp³-hybridized carbons (Fsp3) is 0.111. The minimum absolute atomic E-state index is 0. The van der Waals surface area contributed by atoms with E-state index in [1.807, 2.05) is 24.3 Å². The molecule has 1 aromatic carbocycles. The van der Waals surface area contributed by atoms with Crippen molar-refractivity contribution in [1.82, 2.24) is 0 Å². The summed E-state index contributed by atoms with van der Waals surface area (Å²) in [7, 11) is 0. The zero-order valence-electron chi connectivity index (χ0n) is 6.53. The lowest BCUT2D eigenvalue weighted by atomic mass is 10.1. The van der Waals surface area contributed by atoms with Gasteiger partial charge in [-0.2, -0.15) is 0 Å². The summed E-state index contributed by atoms with van der Waals surface area (Å²) in [5.41, 5.74) is 6.80. The first kappa shape index (κ1) is 11.7. The minimum atomic E-state index is -0.0527. The first-order chi connectivity index (χ1) is 5.24. The minimum Gasteiger partial charge on any atom is -0.321 e. The van der Waals surface area contributed by atoms with E-state index in [0.29, 0.717) is 0 Å². The second-order valence-electron chi connectivity index (χ2n) is 2.31. The Morgan fingerprint density at radius 2 is 1.83 bits per heavy atom. The Bertz CT molecular complexity index is 245. The largest absolute Gasteiger partial charge is 0.321 e. The molecule has 0 amide bonds. The average molecular weight is 249 g/mol. The molecule has 0 fully saturated rings.